The molecule has 1 saturated heterocycles. The fourth-order valence-electron chi connectivity index (χ4n) is 3.91. The van der Waals surface area contributed by atoms with Crippen LogP contribution < -0.4 is 25.0 Å². The fourth-order valence-corrected chi connectivity index (χ4v) is 3.91. The predicted molar refractivity (Wildman–Crippen MR) is 137 cm³/mol. The molecule has 36 heavy (non-hydrogen) atoms. The zero-order chi connectivity index (χ0) is 25.5. The summed E-state index contributed by atoms with van der Waals surface area (Å²) in [6.45, 7) is 2.54. The molecule has 0 aliphatic carbocycles. The number of methoxy groups -OCH3 is 1. The van der Waals surface area contributed by atoms with Crippen LogP contribution in [0.15, 0.2) is 72.8 Å². The first-order valence-corrected chi connectivity index (χ1v) is 11.7. The van der Waals surface area contributed by atoms with E-state index in [1.54, 1.807) is 36.3 Å². The molecule has 1 aliphatic rings. The van der Waals surface area contributed by atoms with Gasteiger partial charge in [0.15, 0.2) is 6.61 Å². The van der Waals surface area contributed by atoms with Crippen LogP contribution in [-0.4, -0.2) is 38.0 Å². The standard InChI is InChI=1S/C28H29N3O5/c1-19-3-7-22(8-4-19)30-26(32)18-36-25-13-9-23(10-14-25)31-17-21(15-27(31)33)28(34)29-16-20-5-11-24(35-2)12-6-20/h3-14,21H,15-18H2,1-2H3,(H,29,34)(H,30,32)/t21-/m1/s1. The fraction of sp³-hybridized carbons (Fsp3) is 0.250. The van der Waals surface area contributed by atoms with Crippen molar-refractivity contribution < 1.29 is 23.9 Å². The van der Waals surface area contributed by atoms with Crippen molar-refractivity contribution in [1.82, 2.24) is 5.32 Å². The highest BCUT2D eigenvalue weighted by Crippen LogP contribution is 2.27. The lowest BCUT2D eigenvalue weighted by Gasteiger charge is -2.17. The molecule has 1 atom stereocenters. The second-order valence-corrected chi connectivity index (χ2v) is 8.67. The second kappa shape index (κ2) is 11.4. The van der Waals surface area contributed by atoms with Gasteiger partial charge in [0.05, 0.1) is 13.0 Å². The van der Waals surface area contributed by atoms with E-state index in [1.165, 1.54) is 0 Å². The lowest BCUT2D eigenvalue weighted by atomic mass is 10.1. The highest BCUT2D eigenvalue weighted by molar-refractivity contribution is 6.00. The number of hydrogen-bond acceptors (Lipinski definition) is 5. The molecular weight excluding hydrogens is 458 g/mol. The van der Waals surface area contributed by atoms with Gasteiger partial charge in [-0.25, -0.2) is 0 Å². The van der Waals surface area contributed by atoms with Gasteiger partial charge in [-0.2, -0.15) is 0 Å². The van der Waals surface area contributed by atoms with Crippen LogP contribution in [0.25, 0.3) is 0 Å². The number of ether oxygens (including phenoxy) is 2. The second-order valence-electron chi connectivity index (χ2n) is 8.67. The third kappa shape index (κ3) is 6.41. The van der Waals surface area contributed by atoms with Crippen molar-refractivity contribution in [2.24, 2.45) is 5.92 Å². The topological polar surface area (TPSA) is 97.0 Å². The average molecular weight is 488 g/mol. The third-order valence-corrected chi connectivity index (χ3v) is 5.98. The van der Waals surface area contributed by atoms with Gasteiger partial charge in [0, 0.05) is 30.9 Å². The molecule has 0 radical (unpaired) electrons. The van der Waals surface area contributed by atoms with Crippen LogP contribution >= 0.6 is 0 Å². The van der Waals surface area contributed by atoms with E-state index < -0.39 is 5.92 Å². The molecular formula is C28H29N3O5. The number of hydrogen-bond donors (Lipinski definition) is 2. The molecule has 0 aromatic heterocycles. The molecule has 0 unspecified atom stereocenters. The molecule has 1 heterocycles. The Morgan fingerprint density at radius 1 is 0.944 bits per heavy atom. The van der Waals surface area contributed by atoms with Crippen LogP contribution in [0.3, 0.4) is 0 Å². The number of rotatable bonds is 9. The van der Waals surface area contributed by atoms with Crippen LogP contribution in [0.2, 0.25) is 0 Å². The van der Waals surface area contributed by atoms with E-state index in [1.807, 2.05) is 55.5 Å². The smallest absolute Gasteiger partial charge is 0.262 e. The normalized spacial score (nSPS) is 14.9. The summed E-state index contributed by atoms with van der Waals surface area (Å²) in [6.07, 6.45) is 0.159. The van der Waals surface area contributed by atoms with E-state index in [-0.39, 0.29) is 30.7 Å². The SMILES string of the molecule is COc1ccc(CNC(=O)[C@@H]2CC(=O)N(c3ccc(OCC(=O)Nc4ccc(C)cc4)cc3)C2)cc1. The Hall–Kier alpha value is -4.33. The molecule has 0 saturated carbocycles. The van der Waals surface area contributed by atoms with Gasteiger partial charge < -0.3 is 25.0 Å². The maximum absolute atomic E-state index is 12.6. The largest absolute Gasteiger partial charge is 0.497 e. The number of amides is 3. The first-order chi connectivity index (χ1) is 17.4. The summed E-state index contributed by atoms with van der Waals surface area (Å²) in [7, 11) is 1.60. The van der Waals surface area contributed by atoms with Crippen LogP contribution in [0.5, 0.6) is 11.5 Å². The van der Waals surface area contributed by atoms with E-state index >= 15 is 0 Å². The van der Waals surface area contributed by atoms with Crippen LogP contribution in [-0.2, 0) is 20.9 Å². The molecule has 0 spiro atoms. The molecule has 3 aromatic rings. The first-order valence-electron chi connectivity index (χ1n) is 11.7. The Balaban J connectivity index is 1.25. The van der Waals surface area contributed by atoms with Gasteiger partial charge >= 0.3 is 0 Å². The number of anilines is 2. The molecule has 0 bridgehead atoms. The van der Waals surface area contributed by atoms with Gasteiger partial charge in [0.25, 0.3) is 5.91 Å². The quantitative estimate of drug-likeness (QED) is 0.480. The Morgan fingerprint density at radius 3 is 2.28 bits per heavy atom. The summed E-state index contributed by atoms with van der Waals surface area (Å²) in [5, 5.41) is 5.69. The van der Waals surface area contributed by atoms with Crippen molar-refractivity contribution in [1.29, 1.82) is 0 Å². The van der Waals surface area contributed by atoms with Gasteiger partial charge in [0.1, 0.15) is 11.5 Å². The molecule has 4 rings (SSSR count). The lowest BCUT2D eigenvalue weighted by molar-refractivity contribution is -0.126. The number of nitrogens with zero attached hydrogens (tertiary/aromatic N) is 1. The zero-order valence-electron chi connectivity index (χ0n) is 20.3. The first kappa shape index (κ1) is 24.8. The molecule has 3 amide bonds. The predicted octanol–water partition coefficient (Wildman–Crippen LogP) is 3.69. The minimum Gasteiger partial charge on any atom is -0.497 e. The lowest BCUT2D eigenvalue weighted by Crippen LogP contribution is -2.32. The minimum absolute atomic E-state index is 0.106. The van der Waals surface area contributed by atoms with Crippen molar-refractivity contribution in [3.63, 3.8) is 0 Å². The summed E-state index contributed by atoms with van der Waals surface area (Å²) in [4.78, 5) is 39.0. The van der Waals surface area contributed by atoms with E-state index in [4.69, 9.17) is 9.47 Å². The van der Waals surface area contributed by atoms with Crippen LogP contribution in [0, 0.1) is 12.8 Å². The summed E-state index contributed by atoms with van der Waals surface area (Å²) in [6, 6.07) is 21.9. The molecule has 8 heteroatoms. The summed E-state index contributed by atoms with van der Waals surface area (Å²) in [5.74, 6) is 0.326. The molecule has 1 aliphatic heterocycles. The van der Waals surface area contributed by atoms with E-state index in [9.17, 15) is 14.4 Å². The molecule has 3 aromatic carbocycles. The minimum atomic E-state index is -0.419. The monoisotopic (exact) mass is 487 g/mol. The number of benzene rings is 3. The summed E-state index contributed by atoms with van der Waals surface area (Å²) >= 11 is 0. The highest BCUT2D eigenvalue weighted by Gasteiger charge is 2.35. The van der Waals surface area contributed by atoms with Crippen molar-refractivity contribution in [2.45, 2.75) is 19.9 Å². The number of carbonyl (C=O) groups excluding carboxylic acids is 3. The molecule has 186 valence electrons. The van der Waals surface area contributed by atoms with Crippen LogP contribution in [0.4, 0.5) is 11.4 Å². The summed E-state index contributed by atoms with van der Waals surface area (Å²) in [5.41, 5.74) is 3.45. The van der Waals surface area contributed by atoms with Gasteiger partial charge in [-0.05, 0) is 61.0 Å². The number of aryl methyl sites for hydroxylation is 1. The van der Waals surface area contributed by atoms with Gasteiger partial charge in [-0.1, -0.05) is 29.8 Å². The number of nitrogens with one attached hydrogen (secondary N) is 2. The third-order valence-electron chi connectivity index (χ3n) is 5.98. The number of carbonyl (C=O) groups is 3. The Kier molecular flexibility index (Phi) is 7.85. The van der Waals surface area contributed by atoms with Crippen molar-refractivity contribution in [3.05, 3.63) is 83.9 Å². The van der Waals surface area contributed by atoms with Crippen molar-refractivity contribution >= 4 is 29.1 Å². The molecule has 2 N–H and O–H groups in total. The average Bonchev–Trinajstić information content (AvgIpc) is 3.29. The molecule has 1 fully saturated rings. The van der Waals surface area contributed by atoms with Gasteiger partial charge in [-0.15, -0.1) is 0 Å². The maximum Gasteiger partial charge on any atom is 0.262 e. The van der Waals surface area contributed by atoms with Gasteiger partial charge in [0.2, 0.25) is 11.8 Å². The van der Waals surface area contributed by atoms with Crippen LogP contribution in [0.1, 0.15) is 17.5 Å². The van der Waals surface area contributed by atoms with Crippen molar-refractivity contribution in [2.75, 3.05) is 30.5 Å². The zero-order valence-corrected chi connectivity index (χ0v) is 20.3. The Bertz CT molecular complexity index is 1210. The highest BCUT2D eigenvalue weighted by atomic mass is 16.5. The van der Waals surface area contributed by atoms with E-state index in [2.05, 4.69) is 10.6 Å². The van der Waals surface area contributed by atoms with E-state index in [0.717, 1.165) is 16.9 Å². The molecule has 8 nitrogen and oxygen atoms in total. The Labute approximate surface area is 210 Å². The summed E-state index contributed by atoms with van der Waals surface area (Å²) < 4.78 is 10.7. The van der Waals surface area contributed by atoms with Crippen molar-refractivity contribution in [3.8, 4) is 11.5 Å². The van der Waals surface area contributed by atoms with E-state index in [0.29, 0.717) is 30.2 Å². The van der Waals surface area contributed by atoms with Gasteiger partial charge in [-0.3, -0.25) is 14.4 Å². The maximum atomic E-state index is 12.6. The Morgan fingerprint density at radius 2 is 1.61 bits per heavy atom.